The Morgan fingerprint density at radius 2 is 2.38 bits per heavy atom. The first kappa shape index (κ1) is 15.4. The number of carboxylic acid groups (broad SMARTS) is 1. The maximum Gasteiger partial charge on any atom is 0.309 e. The first-order valence-corrected chi connectivity index (χ1v) is 7.85. The van der Waals surface area contributed by atoms with Gasteiger partial charge in [0.15, 0.2) is 0 Å². The highest BCUT2D eigenvalue weighted by Crippen LogP contribution is 2.30. The highest BCUT2D eigenvalue weighted by molar-refractivity contribution is 8.00. The fourth-order valence-corrected chi connectivity index (χ4v) is 3.51. The van der Waals surface area contributed by atoms with Crippen LogP contribution in [0.2, 0.25) is 0 Å². The Labute approximate surface area is 130 Å². The molecule has 0 spiro atoms. The van der Waals surface area contributed by atoms with Crippen LogP contribution in [-0.2, 0) is 17.0 Å². The summed E-state index contributed by atoms with van der Waals surface area (Å²) < 4.78 is 6.08. The molecule has 1 N–H and O–H groups in total. The summed E-state index contributed by atoms with van der Waals surface area (Å²) in [6.45, 7) is 0. The van der Waals surface area contributed by atoms with Crippen LogP contribution in [0.15, 0.2) is 27.9 Å². The molecule has 0 amide bonds. The molecule has 1 aromatic heterocycles. The van der Waals surface area contributed by atoms with Gasteiger partial charge in [0.2, 0.25) is 0 Å². The predicted molar refractivity (Wildman–Crippen MR) is 80.7 cm³/mol. The van der Waals surface area contributed by atoms with Crippen LogP contribution >= 0.6 is 23.1 Å². The summed E-state index contributed by atoms with van der Waals surface area (Å²) in [5, 5.41) is 19.4. The van der Waals surface area contributed by atoms with Gasteiger partial charge in [0.05, 0.1) is 30.9 Å². The van der Waals surface area contributed by atoms with E-state index in [1.165, 1.54) is 23.1 Å². The minimum Gasteiger partial charge on any atom is -0.496 e. The van der Waals surface area contributed by atoms with Crippen molar-refractivity contribution in [1.82, 2.24) is 4.98 Å². The number of carbonyl (C=O) groups is 1. The van der Waals surface area contributed by atoms with Gasteiger partial charge in [-0.1, -0.05) is 11.8 Å². The molecule has 0 unspecified atom stereocenters. The zero-order valence-electron chi connectivity index (χ0n) is 11.2. The number of ether oxygens (including phenoxy) is 1. The molecular weight excluding hydrogens is 308 g/mol. The van der Waals surface area contributed by atoms with Gasteiger partial charge in [0, 0.05) is 16.7 Å². The lowest BCUT2D eigenvalue weighted by atomic mass is 10.1. The van der Waals surface area contributed by atoms with Crippen LogP contribution in [0.4, 0.5) is 0 Å². The number of aromatic nitrogens is 1. The van der Waals surface area contributed by atoms with E-state index in [9.17, 15) is 4.79 Å². The summed E-state index contributed by atoms with van der Waals surface area (Å²) in [6, 6.07) is 7.37. The molecule has 7 heteroatoms. The van der Waals surface area contributed by atoms with Crippen molar-refractivity contribution in [1.29, 1.82) is 5.26 Å². The number of nitriles is 1. The van der Waals surface area contributed by atoms with E-state index >= 15 is 0 Å². The molecule has 0 radical (unpaired) electrons. The molecule has 0 atom stereocenters. The number of carboxylic acids is 1. The van der Waals surface area contributed by atoms with Crippen molar-refractivity contribution >= 4 is 29.1 Å². The summed E-state index contributed by atoms with van der Waals surface area (Å²) in [6.07, 6.45) is -0.0652. The minimum atomic E-state index is -0.889. The lowest BCUT2D eigenvalue weighted by Crippen LogP contribution is -1.99. The Hall–Kier alpha value is -2.04. The summed E-state index contributed by atoms with van der Waals surface area (Å²) in [5.74, 6) is 0.447. The molecule has 0 aliphatic rings. The molecule has 0 saturated carbocycles. The van der Waals surface area contributed by atoms with E-state index in [0.717, 1.165) is 15.7 Å². The molecule has 0 saturated heterocycles. The average molecular weight is 320 g/mol. The predicted octanol–water partition coefficient (Wildman–Crippen LogP) is 2.94. The van der Waals surface area contributed by atoms with Gasteiger partial charge in [0.1, 0.15) is 10.1 Å². The maximum absolute atomic E-state index is 10.6. The van der Waals surface area contributed by atoms with Crippen molar-refractivity contribution in [2.24, 2.45) is 0 Å². The summed E-state index contributed by atoms with van der Waals surface area (Å²) in [7, 11) is 1.59. The van der Waals surface area contributed by atoms with Gasteiger partial charge in [-0.15, -0.1) is 11.3 Å². The highest BCUT2D eigenvalue weighted by atomic mass is 32.2. The smallest absolute Gasteiger partial charge is 0.309 e. The molecule has 0 fully saturated rings. The standard InChI is InChI=1S/C14H12N2O3S2/c1-19-12-3-2-9(6-15)4-10(12)7-20-14-16-11(8-21-14)5-13(17)18/h2-4,8H,5,7H2,1H3,(H,17,18). The molecule has 2 aromatic rings. The third kappa shape index (κ3) is 4.21. The van der Waals surface area contributed by atoms with Crippen LogP contribution < -0.4 is 4.74 Å². The number of hydrogen-bond donors (Lipinski definition) is 1. The van der Waals surface area contributed by atoms with E-state index < -0.39 is 5.97 Å². The number of thiazole rings is 1. The van der Waals surface area contributed by atoms with Gasteiger partial charge < -0.3 is 9.84 Å². The number of thioether (sulfide) groups is 1. The molecule has 1 aromatic carbocycles. The maximum atomic E-state index is 10.6. The summed E-state index contributed by atoms with van der Waals surface area (Å²) in [5.41, 5.74) is 2.06. The highest BCUT2D eigenvalue weighted by Gasteiger charge is 2.09. The van der Waals surface area contributed by atoms with E-state index in [4.69, 9.17) is 15.1 Å². The fraction of sp³-hybridized carbons (Fsp3) is 0.214. The number of rotatable bonds is 6. The third-order valence-corrected chi connectivity index (χ3v) is 4.74. The van der Waals surface area contributed by atoms with Crippen molar-refractivity contribution in [2.45, 2.75) is 16.5 Å². The molecular formula is C14H12N2O3S2. The molecule has 2 rings (SSSR count). The third-order valence-electron chi connectivity index (χ3n) is 2.62. The van der Waals surface area contributed by atoms with Crippen LogP contribution in [0, 0.1) is 11.3 Å². The normalized spacial score (nSPS) is 10.1. The van der Waals surface area contributed by atoms with Gasteiger partial charge in [-0.05, 0) is 18.2 Å². The lowest BCUT2D eigenvalue weighted by Gasteiger charge is -2.07. The second-order valence-electron chi connectivity index (χ2n) is 4.10. The topological polar surface area (TPSA) is 83.2 Å². The van der Waals surface area contributed by atoms with Crippen molar-refractivity contribution in [3.8, 4) is 11.8 Å². The number of benzene rings is 1. The Bertz CT molecular complexity index is 692. The Kier molecular flexibility index (Phi) is 5.20. The largest absolute Gasteiger partial charge is 0.496 e. The zero-order valence-corrected chi connectivity index (χ0v) is 12.8. The van der Waals surface area contributed by atoms with Crippen LogP contribution in [0.3, 0.4) is 0 Å². The zero-order chi connectivity index (χ0) is 15.2. The summed E-state index contributed by atoms with van der Waals surface area (Å²) >= 11 is 2.91. The van der Waals surface area contributed by atoms with Crippen molar-refractivity contribution in [3.63, 3.8) is 0 Å². The molecule has 5 nitrogen and oxygen atoms in total. The first-order valence-electron chi connectivity index (χ1n) is 5.98. The van der Waals surface area contributed by atoms with Gasteiger partial charge in [0.25, 0.3) is 0 Å². The van der Waals surface area contributed by atoms with E-state index in [0.29, 0.717) is 17.0 Å². The molecule has 0 aliphatic heterocycles. The second kappa shape index (κ2) is 7.11. The quantitative estimate of drug-likeness (QED) is 0.824. The summed E-state index contributed by atoms with van der Waals surface area (Å²) in [4.78, 5) is 14.9. The van der Waals surface area contributed by atoms with Gasteiger partial charge in [-0.3, -0.25) is 4.79 Å². The number of aliphatic carboxylic acids is 1. The number of methoxy groups -OCH3 is 1. The number of nitrogens with zero attached hydrogens (tertiary/aromatic N) is 2. The van der Waals surface area contributed by atoms with Gasteiger partial charge >= 0.3 is 5.97 Å². The van der Waals surface area contributed by atoms with Crippen LogP contribution in [0.25, 0.3) is 0 Å². The van der Waals surface area contributed by atoms with Crippen LogP contribution in [-0.4, -0.2) is 23.2 Å². The molecule has 21 heavy (non-hydrogen) atoms. The minimum absolute atomic E-state index is 0.0652. The molecule has 0 aliphatic carbocycles. The Balaban J connectivity index is 2.07. The Morgan fingerprint density at radius 1 is 1.57 bits per heavy atom. The lowest BCUT2D eigenvalue weighted by molar-refractivity contribution is -0.136. The van der Waals surface area contributed by atoms with Crippen molar-refractivity contribution < 1.29 is 14.6 Å². The van der Waals surface area contributed by atoms with Crippen molar-refractivity contribution in [3.05, 3.63) is 40.4 Å². The van der Waals surface area contributed by atoms with Gasteiger partial charge in [-0.25, -0.2) is 4.98 Å². The number of hydrogen-bond acceptors (Lipinski definition) is 6. The fourth-order valence-electron chi connectivity index (χ4n) is 1.69. The SMILES string of the molecule is COc1ccc(C#N)cc1CSc1nc(CC(=O)O)cs1. The molecule has 0 bridgehead atoms. The first-order chi connectivity index (χ1) is 10.1. The second-order valence-corrected chi connectivity index (χ2v) is 6.18. The van der Waals surface area contributed by atoms with E-state index in [1.54, 1.807) is 30.7 Å². The molecule has 108 valence electrons. The van der Waals surface area contributed by atoms with E-state index in [1.807, 2.05) is 0 Å². The van der Waals surface area contributed by atoms with E-state index in [-0.39, 0.29) is 6.42 Å². The average Bonchev–Trinajstić information content (AvgIpc) is 2.91. The van der Waals surface area contributed by atoms with Gasteiger partial charge in [-0.2, -0.15) is 5.26 Å². The van der Waals surface area contributed by atoms with E-state index in [2.05, 4.69) is 11.1 Å². The molecule has 1 heterocycles. The van der Waals surface area contributed by atoms with Crippen molar-refractivity contribution in [2.75, 3.05) is 7.11 Å². The van der Waals surface area contributed by atoms with Crippen LogP contribution in [0.1, 0.15) is 16.8 Å². The monoisotopic (exact) mass is 320 g/mol. The Morgan fingerprint density at radius 3 is 3.05 bits per heavy atom. The van der Waals surface area contributed by atoms with Crippen LogP contribution in [0.5, 0.6) is 5.75 Å².